The minimum Gasteiger partial charge on any atom is -0.310 e. The Hall–Kier alpha value is -7.94. The topological polar surface area (TPSA) is 8.17 Å². The number of anilines is 3. The third-order valence-electron chi connectivity index (χ3n) is 15.5. The first-order chi connectivity index (χ1) is 32.3. The highest BCUT2D eigenvalue weighted by atomic mass is 15.1. The Kier molecular flexibility index (Phi) is 7.55. The molecule has 0 bridgehead atoms. The molecule has 2 nitrogen and oxygen atoms in total. The van der Waals surface area contributed by atoms with Crippen molar-refractivity contribution in [2.75, 3.05) is 4.90 Å². The molecule has 2 heteroatoms. The summed E-state index contributed by atoms with van der Waals surface area (Å²) in [6, 6.07) is 77.6. The zero-order valence-corrected chi connectivity index (χ0v) is 37.5. The molecule has 0 unspecified atom stereocenters. The first kappa shape index (κ1) is 37.4. The fraction of sp³-hybridized carbons (Fsp3) is 0.0938. The van der Waals surface area contributed by atoms with Crippen LogP contribution in [0.25, 0.3) is 92.8 Å². The summed E-state index contributed by atoms with van der Waals surface area (Å²) in [7, 11) is 0. The number of hydrogen-bond donors (Lipinski definition) is 0. The number of aromatic nitrogens is 1. The van der Waals surface area contributed by atoms with E-state index in [0.29, 0.717) is 0 Å². The molecule has 1 heterocycles. The van der Waals surface area contributed by atoms with Crippen LogP contribution in [0.2, 0.25) is 0 Å². The van der Waals surface area contributed by atoms with Crippen molar-refractivity contribution in [2.24, 2.45) is 0 Å². The van der Waals surface area contributed by atoms with Gasteiger partial charge in [-0.1, -0.05) is 179 Å². The van der Waals surface area contributed by atoms with Crippen LogP contribution in [0.5, 0.6) is 0 Å². The number of rotatable bonds is 4. The fourth-order valence-corrected chi connectivity index (χ4v) is 12.4. The maximum atomic E-state index is 2.52. The fourth-order valence-electron chi connectivity index (χ4n) is 12.4. The molecule has 0 amide bonds. The highest BCUT2D eigenvalue weighted by molar-refractivity contribution is 6.26. The van der Waals surface area contributed by atoms with Gasteiger partial charge in [-0.15, -0.1) is 0 Å². The lowest BCUT2D eigenvalue weighted by molar-refractivity contribution is 0.660. The number of benzene rings is 11. The van der Waals surface area contributed by atoms with Gasteiger partial charge in [0.1, 0.15) is 0 Å². The zero-order valence-electron chi connectivity index (χ0n) is 37.5. The summed E-state index contributed by atoms with van der Waals surface area (Å²) in [5.41, 5.74) is 17.4. The van der Waals surface area contributed by atoms with Crippen molar-refractivity contribution in [3.05, 3.63) is 229 Å². The molecule has 0 atom stereocenters. The summed E-state index contributed by atoms with van der Waals surface area (Å²) in [5, 5.41) is 12.8. The normalized spacial score (nSPS) is 14.3. The van der Waals surface area contributed by atoms with Gasteiger partial charge in [0.05, 0.1) is 16.7 Å². The molecule has 14 rings (SSSR count). The molecule has 2 aliphatic carbocycles. The van der Waals surface area contributed by atoms with Crippen molar-refractivity contribution in [2.45, 2.75) is 38.5 Å². The second kappa shape index (κ2) is 13.3. The lowest BCUT2D eigenvalue weighted by Crippen LogP contribution is -2.18. The molecular weight excluding hydrogens is 797 g/mol. The molecule has 1 aromatic heterocycles. The molecule has 11 aromatic carbocycles. The Labute approximate surface area is 384 Å². The van der Waals surface area contributed by atoms with Gasteiger partial charge in [0, 0.05) is 44.2 Å². The molecule has 0 radical (unpaired) electrons. The van der Waals surface area contributed by atoms with E-state index in [4.69, 9.17) is 0 Å². The van der Waals surface area contributed by atoms with Crippen LogP contribution in [0.15, 0.2) is 206 Å². The van der Waals surface area contributed by atoms with E-state index in [1.54, 1.807) is 0 Å². The van der Waals surface area contributed by atoms with Crippen molar-refractivity contribution in [1.29, 1.82) is 0 Å². The third kappa shape index (κ3) is 4.96. The van der Waals surface area contributed by atoms with E-state index in [9.17, 15) is 0 Å². The Bertz CT molecular complexity index is 4030. The minimum absolute atomic E-state index is 0.136. The molecule has 2 aliphatic rings. The molecule has 0 spiro atoms. The quantitative estimate of drug-likeness (QED) is 0.160. The van der Waals surface area contributed by atoms with Gasteiger partial charge in [-0.2, -0.15) is 0 Å². The lowest BCUT2D eigenvalue weighted by Gasteiger charge is -2.30. The molecule has 0 fully saturated rings. The SMILES string of the molecule is CC1(C)c2ccccc2-c2ccc(N(c3ccc4c(c3)C(C)(C)c3cccc(-n5c6ccccc6c6c7ccccc7ccc65)c3-4)c3ccc4c5ccccc5c5ccccc5c4c3)cc21. The van der Waals surface area contributed by atoms with Gasteiger partial charge in [0.15, 0.2) is 0 Å². The average molecular weight is 843 g/mol. The zero-order chi connectivity index (χ0) is 44.1. The molecule has 0 saturated heterocycles. The third-order valence-corrected chi connectivity index (χ3v) is 15.5. The highest BCUT2D eigenvalue weighted by Gasteiger charge is 2.39. The van der Waals surface area contributed by atoms with E-state index in [1.807, 2.05) is 0 Å². The Balaban J connectivity index is 1.00. The van der Waals surface area contributed by atoms with E-state index >= 15 is 0 Å². The van der Waals surface area contributed by atoms with Crippen LogP contribution >= 0.6 is 0 Å². The number of para-hydroxylation sites is 1. The maximum absolute atomic E-state index is 2.52. The van der Waals surface area contributed by atoms with Crippen LogP contribution in [-0.4, -0.2) is 4.57 Å². The second-order valence-corrected chi connectivity index (χ2v) is 19.6. The summed E-state index contributed by atoms with van der Waals surface area (Å²) in [6.07, 6.45) is 0. The van der Waals surface area contributed by atoms with E-state index in [2.05, 4.69) is 243 Å². The van der Waals surface area contributed by atoms with Crippen molar-refractivity contribution in [3.63, 3.8) is 0 Å². The predicted molar refractivity (Wildman–Crippen MR) is 281 cm³/mol. The molecule has 0 aliphatic heterocycles. The van der Waals surface area contributed by atoms with Crippen LogP contribution < -0.4 is 4.90 Å². The van der Waals surface area contributed by atoms with Gasteiger partial charge in [0.2, 0.25) is 0 Å². The highest BCUT2D eigenvalue weighted by Crippen LogP contribution is 2.55. The van der Waals surface area contributed by atoms with Gasteiger partial charge < -0.3 is 9.47 Å². The van der Waals surface area contributed by atoms with Gasteiger partial charge >= 0.3 is 0 Å². The van der Waals surface area contributed by atoms with Crippen LogP contribution in [0.3, 0.4) is 0 Å². The molecule has 66 heavy (non-hydrogen) atoms. The van der Waals surface area contributed by atoms with Crippen molar-refractivity contribution in [3.8, 4) is 27.9 Å². The van der Waals surface area contributed by atoms with Gasteiger partial charge in [0.25, 0.3) is 0 Å². The monoisotopic (exact) mass is 842 g/mol. The molecule has 312 valence electrons. The Morgan fingerprint density at radius 2 is 0.848 bits per heavy atom. The molecule has 12 aromatic rings. The van der Waals surface area contributed by atoms with Gasteiger partial charge in [-0.3, -0.25) is 0 Å². The van der Waals surface area contributed by atoms with Crippen molar-refractivity contribution in [1.82, 2.24) is 4.57 Å². The van der Waals surface area contributed by atoms with Gasteiger partial charge in [-0.25, -0.2) is 0 Å². The second-order valence-electron chi connectivity index (χ2n) is 19.6. The van der Waals surface area contributed by atoms with Crippen LogP contribution in [-0.2, 0) is 10.8 Å². The maximum Gasteiger partial charge on any atom is 0.0547 e. The Morgan fingerprint density at radius 1 is 0.333 bits per heavy atom. The molecular formula is C64H46N2. The Morgan fingerprint density at radius 3 is 1.59 bits per heavy atom. The molecule has 0 saturated carbocycles. The summed E-state index contributed by atoms with van der Waals surface area (Å²) >= 11 is 0. The van der Waals surface area contributed by atoms with E-state index in [1.165, 1.54) is 115 Å². The van der Waals surface area contributed by atoms with Crippen LogP contribution in [0.1, 0.15) is 49.9 Å². The first-order valence-electron chi connectivity index (χ1n) is 23.3. The summed E-state index contributed by atoms with van der Waals surface area (Å²) in [4.78, 5) is 2.51. The predicted octanol–water partition coefficient (Wildman–Crippen LogP) is 17.5. The number of nitrogens with zero attached hydrogens (tertiary/aromatic N) is 2. The summed E-state index contributed by atoms with van der Waals surface area (Å²) in [5.74, 6) is 0. The first-order valence-corrected chi connectivity index (χ1v) is 23.3. The smallest absolute Gasteiger partial charge is 0.0547 e. The largest absolute Gasteiger partial charge is 0.310 e. The number of hydrogen-bond acceptors (Lipinski definition) is 1. The average Bonchev–Trinajstić information content (AvgIpc) is 3.91. The van der Waals surface area contributed by atoms with E-state index < -0.39 is 0 Å². The van der Waals surface area contributed by atoms with Crippen molar-refractivity contribution < 1.29 is 0 Å². The van der Waals surface area contributed by atoms with E-state index in [-0.39, 0.29) is 10.8 Å². The summed E-state index contributed by atoms with van der Waals surface area (Å²) in [6.45, 7) is 9.59. The van der Waals surface area contributed by atoms with Gasteiger partial charge in [-0.05, 0) is 137 Å². The minimum atomic E-state index is -0.256. The number of fused-ring (bicyclic) bond motifs is 17. The van der Waals surface area contributed by atoms with Crippen LogP contribution in [0.4, 0.5) is 17.1 Å². The lowest BCUT2D eigenvalue weighted by atomic mass is 9.82. The van der Waals surface area contributed by atoms with E-state index in [0.717, 1.165) is 17.1 Å². The molecule has 0 N–H and O–H groups in total. The van der Waals surface area contributed by atoms with Crippen molar-refractivity contribution >= 4 is 82.0 Å². The van der Waals surface area contributed by atoms with Crippen LogP contribution in [0, 0.1) is 0 Å². The standard InChI is InChI=1S/C64H46N2/c1-63(2)54-24-13-11-22-49(54)50-33-30-41(37-56(50)63)65(40-29-32-48-46-20-8-7-18-44(46)45-19-9-10-21-47(45)53(48)36-40)42-31-34-51-57(38-42)64(3,4)55-25-15-27-59(62(51)55)66-58-26-14-12-23-52(58)61-43-17-6-5-16-39(43)28-35-60(61)66/h5-38H,1-4H3. The summed E-state index contributed by atoms with van der Waals surface area (Å²) < 4.78 is 2.52.